The van der Waals surface area contributed by atoms with Crippen LogP contribution in [0.25, 0.3) is 5.95 Å². The predicted molar refractivity (Wildman–Crippen MR) is 123 cm³/mol. The summed E-state index contributed by atoms with van der Waals surface area (Å²) in [5, 5.41) is 3.06. The lowest BCUT2D eigenvalue weighted by Crippen LogP contribution is -2.43. The molecular formula is C23H36N6O3. The molecule has 9 nitrogen and oxygen atoms in total. The van der Waals surface area contributed by atoms with Gasteiger partial charge in [-0.1, -0.05) is 0 Å². The van der Waals surface area contributed by atoms with Crippen molar-refractivity contribution in [3.05, 3.63) is 30.5 Å². The van der Waals surface area contributed by atoms with Crippen molar-refractivity contribution in [2.75, 3.05) is 31.2 Å². The number of hydrogen-bond acceptors (Lipinski definition) is 7. The van der Waals surface area contributed by atoms with Gasteiger partial charge in [-0.25, -0.2) is 9.97 Å². The number of carbonyl (C=O) groups is 1. The van der Waals surface area contributed by atoms with Crippen LogP contribution in [0.1, 0.15) is 58.1 Å². The minimum Gasteiger partial charge on any atom is -0.356 e. The van der Waals surface area contributed by atoms with Gasteiger partial charge in [0, 0.05) is 69.3 Å². The second kappa shape index (κ2) is 12.5. The summed E-state index contributed by atoms with van der Waals surface area (Å²) in [6.45, 7) is 8.65. The molecule has 0 aromatic carbocycles. The maximum Gasteiger partial charge on any atom is 0.237 e. The Kier molecular flexibility index (Phi) is 9.43. The lowest BCUT2D eigenvalue weighted by molar-refractivity contribution is -0.140. The highest BCUT2D eigenvalue weighted by atomic mass is 16.7. The average Bonchev–Trinajstić information content (AvgIpc) is 3.32. The van der Waals surface area contributed by atoms with E-state index in [2.05, 4.69) is 20.2 Å². The van der Waals surface area contributed by atoms with E-state index in [4.69, 9.17) is 14.5 Å². The lowest BCUT2D eigenvalue weighted by atomic mass is 9.99. The first-order valence-electron chi connectivity index (χ1n) is 11.7. The molecule has 0 radical (unpaired) electrons. The monoisotopic (exact) mass is 444 g/mol. The SMILES string of the molecule is CCOC(CCCNC(=O)CC1CCCCN1c1cc(C)nc(-n2ccnc2)n1)OCC. The summed E-state index contributed by atoms with van der Waals surface area (Å²) in [5.74, 6) is 1.55. The molecule has 2 aromatic heterocycles. The van der Waals surface area contributed by atoms with E-state index in [9.17, 15) is 4.79 Å². The van der Waals surface area contributed by atoms with Gasteiger partial charge in [-0.15, -0.1) is 0 Å². The number of hydrogen-bond donors (Lipinski definition) is 1. The van der Waals surface area contributed by atoms with Crippen molar-refractivity contribution in [2.24, 2.45) is 0 Å². The van der Waals surface area contributed by atoms with Gasteiger partial charge in [-0.05, 0) is 46.5 Å². The largest absolute Gasteiger partial charge is 0.356 e. The molecule has 9 heteroatoms. The van der Waals surface area contributed by atoms with E-state index in [1.54, 1.807) is 17.1 Å². The highest BCUT2D eigenvalue weighted by molar-refractivity contribution is 5.77. The Labute approximate surface area is 190 Å². The van der Waals surface area contributed by atoms with Gasteiger partial charge in [0.05, 0.1) is 0 Å². The number of rotatable bonds is 12. The van der Waals surface area contributed by atoms with E-state index in [1.165, 1.54) is 0 Å². The maximum absolute atomic E-state index is 12.7. The zero-order chi connectivity index (χ0) is 22.8. The number of piperidine rings is 1. The minimum atomic E-state index is -0.193. The highest BCUT2D eigenvalue weighted by Gasteiger charge is 2.26. The van der Waals surface area contributed by atoms with Crippen LogP contribution in [0.5, 0.6) is 0 Å². The summed E-state index contributed by atoms with van der Waals surface area (Å²) in [4.78, 5) is 28.3. The smallest absolute Gasteiger partial charge is 0.237 e. The zero-order valence-corrected chi connectivity index (χ0v) is 19.5. The standard InChI is InChI=1S/C23H36N6O3/c1-4-31-22(32-5-2)10-8-11-25-21(30)16-19-9-6-7-13-29(19)20-15-18(3)26-23(27-20)28-14-12-24-17-28/h12,14-15,17,19,22H,4-11,13,16H2,1-3H3,(H,25,30). The number of ether oxygens (including phenoxy) is 2. The van der Waals surface area contributed by atoms with Crippen molar-refractivity contribution in [1.82, 2.24) is 24.8 Å². The first kappa shape index (κ1) is 24.1. The molecule has 1 aliphatic rings. The third-order valence-electron chi connectivity index (χ3n) is 5.55. The van der Waals surface area contributed by atoms with Crippen molar-refractivity contribution in [2.45, 2.75) is 71.6 Å². The molecule has 0 saturated carbocycles. The molecular weight excluding hydrogens is 408 g/mol. The van der Waals surface area contributed by atoms with Gasteiger partial charge >= 0.3 is 0 Å². The van der Waals surface area contributed by atoms with Crippen molar-refractivity contribution in [3.63, 3.8) is 0 Å². The fraction of sp³-hybridized carbons (Fsp3) is 0.652. The Morgan fingerprint density at radius 1 is 1.25 bits per heavy atom. The van der Waals surface area contributed by atoms with Gasteiger partial charge in [0.1, 0.15) is 12.1 Å². The van der Waals surface area contributed by atoms with Crippen LogP contribution >= 0.6 is 0 Å². The molecule has 0 aliphatic carbocycles. The molecule has 32 heavy (non-hydrogen) atoms. The molecule has 1 aliphatic heterocycles. The molecule has 2 aromatic rings. The summed E-state index contributed by atoms with van der Waals surface area (Å²) in [6, 6.07) is 2.13. The fourth-order valence-corrected chi connectivity index (χ4v) is 4.06. The summed E-state index contributed by atoms with van der Waals surface area (Å²) in [5.41, 5.74) is 0.894. The molecule has 1 atom stereocenters. The Morgan fingerprint density at radius 2 is 2.06 bits per heavy atom. The van der Waals surface area contributed by atoms with Crippen LogP contribution in [-0.4, -0.2) is 64.1 Å². The van der Waals surface area contributed by atoms with Gasteiger partial charge in [0.2, 0.25) is 11.9 Å². The van der Waals surface area contributed by atoms with Gasteiger partial charge in [-0.2, -0.15) is 4.98 Å². The minimum absolute atomic E-state index is 0.0758. The average molecular weight is 445 g/mol. The van der Waals surface area contributed by atoms with E-state index >= 15 is 0 Å². The third kappa shape index (κ3) is 7.00. The Hall–Kier alpha value is -2.52. The number of carbonyl (C=O) groups excluding carboxylic acids is 1. The molecule has 0 spiro atoms. The molecule has 0 bridgehead atoms. The van der Waals surface area contributed by atoms with Crippen molar-refractivity contribution in [1.29, 1.82) is 0 Å². The van der Waals surface area contributed by atoms with Crippen LogP contribution in [0.15, 0.2) is 24.8 Å². The van der Waals surface area contributed by atoms with E-state index in [0.717, 1.165) is 50.2 Å². The zero-order valence-electron chi connectivity index (χ0n) is 19.5. The number of nitrogens with one attached hydrogen (secondary N) is 1. The van der Waals surface area contributed by atoms with E-state index in [0.29, 0.717) is 32.1 Å². The fourth-order valence-electron chi connectivity index (χ4n) is 4.06. The number of anilines is 1. The Morgan fingerprint density at radius 3 is 2.78 bits per heavy atom. The maximum atomic E-state index is 12.7. The Bertz CT molecular complexity index is 823. The molecule has 1 amide bonds. The number of aryl methyl sites for hydroxylation is 1. The molecule has 1 fully saturated rings. The summed E-state index contributed by atoms with van der Waals surface area (Å²) < 4.78 is 12.9. The van der Waals surface area contributed by atoms with E-state index in [-0.39, 0.29) is 18.2 Å². The molecule has 1 N–H and O–H groups in total. The number of imidazole rings is 1. The molecule has 1 saturated heterocycles. The second-order valence-corrected chi connectivity index (χ2v) is 8.02. The number of nitrogens with zero attached hydrogens (tertiary/aromatic N) is 5. The van der Waals surface area contributed by atoms with Crippen LogP contribution < -0.4 is 10.2 Å². The van der Waals surface area contributed by atoms with Gasteiger partial charge in [0.25, 0.3) is 0 Å². The molecule has 3 heterocycles. The Balaban J connectivity index is 1.56. The summed E-state index contributed by atoms with van der Waals surface area (Å²) >= 11 is 0. The van der Waals surface area contributed by atoms with Crippen molar-refractivity contribution in [3.8, 4) is 5.95 Å². The molecule has 3 rings (SSSR count). The second-order valence-electron chi connectivity index (χ2n) is 8.02. The summed E-state index contributed by atoms with van der Waals surface area (Å²) in [7, 11) is 0. The first-order valence-corrected chi connectivity index (χ1v) is 11.7. The quantitative estimate of drug-likeness (QED) is 0.397. The van der Waals surface area contributed by atoms with Gasteiger partial charge in [0.15, 0.2) is 6.29 Å². The van der Waals surface area contributed by atoms with Gasteiger partial charge < -0.3 is 19.7 Å². The molecule has 1 unspecified atom stereocenters. The topological polar surface area (TPSA) is 94.4 Å². The molecule has 176 valence electrons. The van der Waals surface area contributed by atoms with Gasteiger partial charge in [-0.3, -0.25) is 9.36 Å². The first-order chi connectivity index (χ1) is 15.6. The lowest BCUT2D eigenvalue weighted by Gasteiger charge is -2.36. The van der Waals surface area contributed by atoms with Crippen LogP contribution in [-0.2, 0) is 14.3 Å². The number of aromatic nitrogens is 4. The van der Waals surface area contributed by atoms with Crippen LogP contribution in [0.3, 0.4) is 0 Å². The van der Waals surface area contributed by atoms with Crippen LogP contribution in [0, 0.1) is 6.92 Å². The van der Waals surface area contributed by atoms with Crippen LogP contribution in [0.2, 0.25) is 0 Å². The number of amides is 1. The van der Waals surface area contributed by atoms with E-state index in [1.807, 2.05) is 33.0 Å². The predicted octanol–water partition coefficient (Wildman–Crippen LogP) is 3.02. The summed E-state index contributed by atoms with van der Waals surface area (Å²) in [6.07, 6.45) is 10.3. The van der Waals surface area contributed by atoms with E-state index < -0.39 is 0 Å². The highest BCUT2D eigenvalue weighted by Crippen LogP contribution is 2.26. The normalized spacial score (nSPS) is 16.5. The van der Waals surface area contributed by atoms with Crippen LogP contribution in [0.4, 0.5) is 5.82 Å². The van der Waals surface area contributed by atoms with Crippen molar-refractivity contribution < 1.29 is 14.3 Å². The third-order valence-corrected chi connectivity index (χ3v) is 5.55. The van der Waals surface area contributed by atoms with Crippen molar-refractivity contribution >= 4 is 11.7 Å².